The summed E-state index contributed by atoms with van der Waals surface area (Å²) in [5.74, 6) is 0. The number of β-amino-alcohol motifs (C(OH)–C–C–N with tert-alkyl or cyclic N) is 1. The average Bonchev–Trinajstić information content (AvgIpc) is 3.00. The van der Waals surface area contributed by atoms with Crippen LogP contribution in [0.2, 0.25) is 0 Å². The summed E-state index contributed by atoms with van der Waals surface area (Å²) in [6, 6.07) is 10.3. The molecule has 0 amide bonds. The third-order valence-corrected chi connectivity index (χ3v) is 4.70. The van der Waals surface area contributed by atoms with Gasteiger partial charge in [0.1, 0.15) is 5.60 Å². The highest BCUT2D eigenvalue weighted by atomic mass is 16.3. The number of rotatable bonds is 4. The van der Waals surface area contributed by atoms with Crippen molar-refractivity contribution in [3.05, 3.63) is 52.8 Å². The molecular formula is C18H25N3O. The zero-order valence-corrected chi connectivity index (χ0v) is 13.7. The Bertz CT molecular complexity index is 664. The lowest BCUT2D eigenvalue weighted by molar-refractivity contribution is 0.0450. The first-order chi connectivity index (χ1) is 10.5. The Labute approximate surface area is 132 Å². The number of hydrogen-bond acceptors (Lipinski definition) is 3. The van der Waals surface area contributed by atoms with Crippen molar-refractivity contribution in [2.24, 2.45) is 0 Å². The quantitative estimate of drug-likeness (QED) is 0.942. The minimum atomic E-state index is -0.708. The van der Waals surface area contributed by atoms with Gasteiger partial charge in [-0.05, 0) is 44.4 Å². The smallest absolute Gasteiger partial charge is 0.104 e. The molecular weight excluding hydrogens is 274 g/mol. The topological polar surface area (TPSA) is 41.3 Å². The van der Waals surface area contributed by atoms with Gasteiger partial charge in [0.2, 0.25) is 0 Å². The molecule has 2 heterocycles. The molecule has 0 bridgehead atoms. The van der Waals surface area contributed by atoms with E-state index < -0.39 is 5.60 Å². The minimum absolute atomic E-state index is 0.706. The first-order valence-corrected chi connectivity index (χ1v) is 8.00. The highest BCUT2D eigenvalue weighted by Crippen LogP contribution is 2.33. The predicted octanol–water partition coefficient (Wildman–Crippen LogP) is 2.40. The van der Waals surface area contributed by atoms with Gasteiger partial charge in [-0.3, -0.25) is 9.58 Å². The van der Waals surface area contributed by atoms with Crippen LogP contribution in [0.1, 0.15) is 28.9 Å². The van der Waals surface area contributed by atoms with Crippen LogP contribution in [-0.4, -0.2) is 39.4 Å². The van der Waals surface area contributed by atoms with E-state index in [-0.39, 0.29) is 0 Å². The standard InChI is InChI=1S/C18H25N3O/c1-14-6-4-5-7-17(14)18(22)8-9-20(13-18)10-11-21-16(3)12-15(2)19-21/h4-7,12,22H,8-11,13H2,1-3H3. The molecule has 1 atom stereocenters. The van der Waals surface area contributed by atoms with Crippen molar-refractivity contribution >= 4 is 0 Å². The summed E-state index contributed by atoms with van der Waals surface area (Å²) in [6.45, 7) is 9.64. The van der Waals surface area contributed by atoms with E-state index >= 15 is 0 Å². The molecule has 1 unspecified atom stereocenters. The van der Waals surface area contributed by atoms with Gasteiger partial charge >= 0.3 is 0 Å². The summed E-state index contributed by atoms with van der Waals surface area (Å²) in [5.41, 5.74) is 3.80. The lowest BCUT2D eigenvalue weighted by Gasteiger charge is -2.25. The number of likely N-dealkylation sites (tertiary alicyclic amines) is 1. The van der Waals surface area contributed by atoms with Gasteiger partial charge in [-0.1, -0.05) is 24.3 Å². The molecule has 1 fully saturated rings. The molecule has 118 valence electrons. The summed E-state index contributed by atoms with van der Waals surface area (Å²) < 4.78 is 2.06. The van der Waals surface area contributed by atoms with Gasteiger partial charge < -0.3 is 5.11 Å². The maximum absolute atomic E-state index is 11.0. The fraction of sp³-hybridized carbons (Fsp3) is 0.500. The van der Waals surface area contributed by atoms with Crippen molar-refractivity contribution in [3.63, 3.8) is 0 Å². The number of aryl methyl sites for hydroxylation is 3. The van der Waals surface area contributed by atoms with E-state index in [0.29, 0.717) is 6.54 Å². The Kier molecular flexibility index (Phi) is 4.06. The second-order valence-corrected chi connectivity index (χ2v) is 6.52. The first kappa shape index (κ1) is 15.3. The van der Waals surface area contributed by atoms with Crippen LogP contribution in [0.25, 0.3) is 0 Å². The molecule has 0 spiro atoms. The second kappa shape index (κ2) is 5.86. The Morgan fingerprint density at radius 1 is 1.18 bits per heavy atom. The molecule has 2 aromatic rings. The monoisotopic (exact) mass is 299 g/mol. The normalized spacial score (nSPS) is 22.4. The van der Waals surface area contributed by atoms with Gasteiger partial charge in [0, 0.05) is 25.3 Å². The van der Waals surface area contributed by atoms with E-state index in [1.165, 1.54) is 11.3 Å². The molecule has 3 rings (SSSR count). The fourth-order valence-corrected chi connectivity index (χ4v) is 3.51. The fourth-order valence-electron chi connectivity index (χ4n) is 3.51. The molecule has 0 radical (unpaired) electrons. The average molecular weight is 299 g/mol. The van der Waals surface area contributed by atoms with E-state index in [0.717, 1.165) is 37.3 Å². The summed E-state index contributed by atoms with van der Waals surface area (Å²) in [4.78, 5) is 2.34. The zero-order chi connectivity index (χ0) is 15.7. The van der Waals surface area contributed by atoms with Crippen LogP contribution in [0.3, 0.4) is 0 Å². The van der Waals surface area contributed by atoms with Gasteiger partial charge in [-0.2, -0.15) is 5.10 Å². The first-order valence-electron chi connectivity index (χ1n) is 8.00. The van der Waals surface area contributed by atoms with Crippen molar-refractivity contribution in [1.82, 2.24) is 14.7 Å². The number of benzene rings is 1. The number of aliphatic hydroxyl groups is 1. The Morgan fingerprint density at radius 3 is 2.64 bits per heavy atom. The van der Waals surface area contributed by atoms with E-state index in [4.69, 9.17) is 0 Å². The predicted molar refractivity (Wildman–Crippen MR) is 87.8 cm³/mol. The molecule has 1 aliphatic heterocycles. The summed E-state index contributed by atoms with van der Waals surface area (Å²) >= 11 is 0. The molecule has 0 aliphatic carbocycles. The highest BCUT2D eigenvalue weighted by Gasteiger charge is 2.38. The van der Waals surface area contributed by atoms with E-state index in [1.54, 1.807) is 0 Å². The summed E-state index contributed by atoms with van der Waals surface area (Å²) in [7, 11) is 0. The van der Waals surface area contributed by atoms with E-state index in [1.807, 2.05) is 19.1 Å². The van der Waals surface area contributed by atoms with Gasteiger partial charge in [-0.15, -0.1) is 0 Å². The van der Waals surface area contributed by atoms with Crippen LogP contribution in [-0.2, 0) is 12.1 Å². The third-order valence-electron chi connectivity index (χ3n) is 4.70. The maximum atomic E-state index is 11.0. The van der Waals surface area contributed by atoms with E-state index in [9.17, 15) is 5.11 Å². The lowest BCUT2D eigenvalue weighted by Crippen LogP contribution is -2.33. The van der Waals surface area contributed by atoms with Crippen LogP contribution in [0.4, 0.5) is 0 Å². The maximum Gasteiger partial charge on any atom is 0.104 e. The molecule has 0 saturated carbocycles. The van der Waals surface area contributed by atoms with E-state index in [2.05, 4.69) is 46.7 Å². The number of hydrogen-bond donors (Lipinski definition) is 1. The van der Waals surface area contributed by atoms with Crippen LogP contribution in [0.15, 0.2) is 30.3 Å². The highest BCUT2D eigenvalue weighted by molar-refractivity contribution is 5.32. The van der Waals surface area contributed by atoms with Crippen LogP contribution >= 0.6 is 0 Å². The Morgan fingerprint density at radius 2 is 1.95 bits per heavy atom. The Balaban J connectivity index is 1.65. The van der Waals surface area contributed by atoms with Gasteiger partial charge in [0.25, 0.3) is 0 Å². The molecule has 4 heteroatoms. The Hall–Kier alpha value is -1.65. The van der Waals surface area contributed by atoms with Crippen molar-refractivity contribution < 1.29 is 5.11 Å². The van der Waals surface area contributed by atoms with Crippen molar-refractivity contribution in [3.8, 4) is 0 Å². The van der Waals surface area contributed by atoms with Crippen LogP contribution in [0, 0.1) is 20.8 Å². The molecule has 4 nitrogen and oxygen atoms in total. The van der Waals surface area contributed by atoms with Crippen molar-refractivity contribution in [1.29, 1.82) is 0 Å². The summed E-state index contributed by atoms with van der Waals surface area (Å²) in [5, 5.41) is 15.5. The van der Waals surface area contributed by atoms with Crippen LogP contribution < -0.4 is 0 Å². The minimum Gasteiger partial charge on any atom is -0.384 e. The van der Waals surface area contributed by atoms with Crippen molar-refractivity contribution in [2.45, 2.75) is 39.3 Å². The number of aromatic nitrogens is 2. The molecule has 1 aromatic carbocycles. The summed E-state index contributed by atoms with van der Waals surface area (Å²) in [6.07, 6.45) is 0.801. The molecule has 1 N–H and O–H groups in total. The van der Waals surface area contributed by atoms with Gasteiger partial charge in [-0.25, -0.2) is 0 Å². The third kappa shape index (κ3) is 2.94. The second-order valence-electron chi connectivity index (χ2n) is 6.52. The number of nitrogens with zero attached hydrogens (tertiary/aromatic N) is 3. The molecule has 1 saturated heterocycles. The molecule has 1 aliphatic rings. The molecule has 22 heavy (non-hydrogen) atoms. The van der Waals surface area contributed by atoms with Crippen molar-refractivity contribution in [2.75, 3.05) is 19.6 Å². The van der Waals surface area contributed by atoms with Gasteiger partial charge in [0.15, 0.2) is 0 Å². The molecule has 1 aromatic heterocycles. The SMILES string of the molecule is Cc1cc(C)n(CCN2CCC(O)(c3ccccc3C)C2)n1. The lowest BCUT2D eigenvalue weighted by atomic mass is 9.89. The largest absolute Gasteiger partial charge is 0.384 e. The van der Waals surface area contributed by atoms with Gasteiger partial charge in [0.05, 0.1) is 12.2 Å². The van der Waals surface area contributed by atoms with Crippen LogP contribution in [0.5, 0.6) is 0 Å². The zero-order valence-electron chi connectivity index (χ0n) is 13.7.